The lowest BCUT2D eigenvalue weighted by atomic mass is 10.2. The van der Waals surface area contributed by atoms with Crippen molar-refractivity contribution in [3.8, 4) is 11.8 Å². The van der Waals surface area contributed by atoms with Gasteiger partial charge in [-0.05, 0) is 42.9 Å². The Hall–Kier alpha value is -2.41. The molecule has 0 bridgehead atoms. The highest BCUT2D eigenvalue weighted by atomic mass is 32.2. The smallest absolute Gasteiger partial charge is 0.322 e. The van der Waals surface area contributed by atoms with Crippen molar-refractivity contribution in [1.29, 1.82) is 0 Å². The van der Waals surface area contributed by atoms with Gasteiger partial charge in [0.15, 0.2) is 0 Å². The van der Waals surface area contributed by atoms with Crippen LogP contribution in [-0.4, -0.2) is 42.4 Å². The molecule has 0 spiro atoms. The van der Waals surface area contributed by atoms with E-state index in [9.17, 15) is 4.79 Å². The van der Waals surface area contributed by atoms with Crippen LogP contribution < -0.4 is 14.8 Å². The van der Waals surface area contributed by atoms with Gasteiger partial charge in [-0.15, -0.1) is 11.8 Å². The van der Waals surface area contributed by atoms with E-state index >= 15 is 0 Å². The number of rotatable bonds is 7. The summed E-state index contributed by atoms with van der Waals surface area (Å²) < 4.78 is 10.4. The van der Waals surface area contributed by atoms with Crippen molar-refractivity contribution in [2.75, 3.05) is 25.8 Å². The fourth-order valence-corrected chi connectivity index (χ4v) is 3.06. The van der Waals surface area contributed by atoms with Gasteiger partial charge in [0.1, 0.15) is 5.69 Å². The van der Waals surface area contributed by atoms with Crippen LogP contribution in [0.2, 0.25) is 0 Å². The summed E-state index contributed by atoms with van der Waals surface area (Å²) in [5.41, 5.74) is 1.64. The zero-order chi connectivity index (χ0) is 18.5. The number of nitrogens with one attached hydrogen (secondary N) is 1. The summed E-state index contributed by atoms with van der Waals surface area (Å²) in [5.74, 6) is 0.769. The molecule has 0 aliphatic heterocycles. The molecule has 1 N–H and O–H groups in total. The fourth-order valence-electron chi connectivity index (χ4n) is 2.66. The molecule has 0 saturated heterocycles. The van der Waals surface area contributed by atoms with Gasteiger partial charge in [-0.1, -0.05) is 12.1 Å². The van der Waals surface area contributed by atoms with E-state index in [0.29, 0.717) is 24.0 Å². The molecule has 2 amide bonds. The number of benzene rings is 1. The van der Waals surface area contributed by atoms with Gasteiger partial charge in [-0.3, -0.25) is 0 Å². The SMILES string of the molecule is COc1ccc(NC(=O)N(Cc2ccc(SC)cc2)C2CC2)c(OC)n1. The van der Waals surface area contributed by atoms with Crippen LogP contribution in [0.4, 0.5) is 10.5 Å². The molecule has 2 aromatic rings. The number of carbonyl (C=O) groups is 1. The van der Waals surface area contributed by atoms with Gasteiger partial charge < -0.3 is 19.7 Å². The minimum Gasteiger partial charge on any atom is -0.481 e. The first-order valence-corrected chi connectivity index (χ1v) is 9.66. The van der Waals surface area contributed by atoms with Crippen LogP contribution in [0.5, 0.6) is 11.8 Å². The topological polar surface area (TPSA) is 63.7 Å². The quantitative estimate of drug-likeness (QED) is 0.743. The maximum absolute atomic E-state index is 12.8. The van der Waals surface area contributed by atoms with E-state index in [1.165, 1.54) is 19.1 Å². The number of urea groups is 1. The molecule has 1 saturated carbocycles. The van der Waals surface area contributed by atoms with Crippen molar-refractivity contribution in [2.45, 2.75) is 30.3 Å². The second kappa shape index (κ2) is 8.31. The predicted octanol–water partition coefficient (Wildman–Crippen LogP) is 4.02. The second-order valence-electron chi connectivity index (χ2n) is 6.05. The first-order valence-electron chi connectivity index (χ1n) is 8.44. The lowest BCUT2D eigenvalue weighted by molar-refractivity contribution is 0.206. The van der Waals surface area contributed by atoms with Crippen LogP contribution in [0.3, 0.4) is 0 Å². The number of thioether (sulfide) groups is 1. The number of hydrogen-bond acceptors (Lipinski definition) is 5. The molecule has 6 nitrogen and oxygen atoms in total. The Morgan fingerprint density at radius 3 is 2.50 bits per heavy atom. The van der Waals surface area contributed by atoms with Crippen LogP contribution in [0.1, 0.15) is 18.4 Å². The number of ether oxygens (including phenoxy) is 2. The first-order chi connectivity index (χ1) is 12.6. The number of nitrogens with zero attached hydrogens (tertiary/aromatic N) is 2. The van der Waals surface area contributed by atoms with Gasteiger partial charge in [-0.2, -0.15) is 4.98 Å². The van der Waals surface area contributed by atoms with E-state index in [2.05, 4.69) is 40.8 Å². The average Bonchev–Trinajstić information content (AvgIpc) is 3.51. The number of carbonyl (C=O) groups excluding carboxylic acids is 1. The van der Waals surface area contributed by atoms with Gasteiger partial charge in [0, 0.05) is 23.5 Å². The van der Waals surface area contributed by atoms with Crippen molar-refractivity contribution in [3.63, 3.8) is 0 Å². The Bertz CT molecular complexity index is 763. The number of hydrogen-bond donors (Lipinski definition) is 1. The number of pyridine rings is 1. The van der Waals surface area contributed by atoms with Crippen LogP contribution >= 0.6 is 11.8 Å². The monoisotopic (exact) mass is 373 g/mol. The molecule has 0 unspecified atom stereocenters. The summed E-state index contributed by atoms with van der Waals surface area (Å²) in [6, 6.07) is 11.9. The van der Waals surface area contributed by atoms with E-state index < -0.39 is 0 Å². The van der Waals surface area contributed by atoms with Crippen molar-refractivity contribution in [2.24, 2.45) is 0 Å². The molecular formula is C19H23N3O3S. The Kier molecular flexibility index (Phi) is 5.88. The summed E-state index contributed by atoms with van der Waals surface area (Å²) >= 11 is 1.71. The highest BCUT2D eigenvalue weighted by Gasteiger charge is 2.33. The minimum atomic E-state index is -0.147. The summed E-state index contributed by atoms with van der Waals surface area (Å²) in [6.07, 6.45) is 4.12. The van der Waals surface area contributed by atoms with E-state index in [1.807, 2.05) is 4.90 Å². The van der Waals surface area contributed by atoms with E-state index in [1.54, 1.807) is 23.9 Å². The number of anilines is 1. The van der Waals surface area contributed by atoms with E-state index in [4.69, 9.17) is 9.47 Å². The van der Waals surface area contributed by atoms with Crippen molar-refractivity contribution < 1.29 is 14.3 Å². The van der Waals surface area contributed by atoms with Crippen LogP contribution in [-0.2, 0) is 6.54 Å². The highest BCUT2D eigenvalue weighted by Crippen LogP contribution is 2.31. The maximum Gasteiger partial charge on any atom is 0.322 e. The Balaban J connectivity index is 1.73. The normalized spacial score (nSPS) is 13.2. The zero-order valence-corrected chi connectivity index (χ0v) is 16.0. The number of aromatic nitrogens is 1. The lowest BCUT2D eigenvalue weighted by Gasteiger charge is -2.23. The molecule has 7 heteroatoms. The molecule has 26 heavy (non-hydrogen) atoms. The first kappa shape index (κ1) is 18.4. The van der Waals surface area contributed by atoms with Crippen LogP contribution in [0.25, 0.3) is 0 Å². The predicted molar refractivity (Wildman–Crippen MR) is 103 cm³/mol. The third kappa shape index (κ3) is 4.40. The summed E-state index contributed by atoms with van der Waals surface area (Å²) in [6.45, 7) is 0.580. The van der Waals surface area contributed by atoms with E-state index in [0.717, 1.165) is 18.4 Å². The van der Waals surface area contributed by atoms with Crippen molar-refractivity contribution in [1.82, 2.24) is 9.88 Å². The molecule has 1 aromatic heterocycles. The molecule has 1 heterocycles. The molecule has 0 atom stereocenters. The van der Waals surface area contributed by atoms with Gasteiger partial charge in [0.25, 0.3) is 0 Å². The number of amides is 2. The Morgan fingerprint density at radius 2 is 1.92 bits per heavy atom. The molecule has 3 rings (SSSR count). The second-order valence-corrected chi connectivity index (χ2v) is 6.93. The third-order valence-corrected chi connectivity index (χ3v) is 4.98. The van der Waals surface area contributed by atoms with Gasteiger partial charge >= 0.3 is 6.03 Å². The zero-order valence-electron chi connectivity index (χ0n) is 15.2. The highest BCUT2D eigenvalue weighted by molar-refractivity contribution is 7.98. The maximum atomic E-state index is 12.8. The van der Waals surface area contributed by atoms with Crippen LogP contribution in [0.15, 0.2) is 41.3 Å². The minimum absolute atomic E-state index is 0.147. The summed E-state index contributed by atoms with van der Waals surface area (Å²) in [7, 11) is 3.06. The van der Waals surface area contributed by atoms with Crippen molar-refractivity contribution in [3.05, 3.63) is 42.0 Å². The molecule has 138 valence electrons. The molecular weight excluding hydrogens is 350 g/mol. The van der Waals surface area contributed by atoms with Gasteiger partial charge in [0.2, 0.25) is 11.8 Å². The number of methoxy groups -OCH3 is 2. The van der Waals surface area contributed by atoms with E-state index in [-0.39, 0.29) is 12.1 Å². The molecule has 1 fully saturated rings. The Labute approximate surface area is 157 Å². The largest absolute Gasteiger partial charge is 0.481 e. The van der Waals surface area contributed by atoms with Gasteiger partial charge in [0.05, 0.1) is 14.2 Å². The van der Waals surface area contributed by atoms with Crippen molar-refractivity contribution >= 4 is 23.5 Å². The lowest BCUT2D eigenvalue weighted by Crippen LogP contribution is -2.36. The summed E-state index contributed by atoms with van der Waals surface area (Å²) in [5, 5.41) is 2.92. The molecule has 0 radical (unpaired) electrons. The fraction of sp³-hybridized carbons (Fsp3) is 0.368. The Morgan fingerprint density at radius 1 is 1.19 bits per heavy atom. The standard InChI is InChI=1S/C19H23N3O3S/c1-24-17-11-10-16(18(21-17)25-2)20-19(23)22(14-6-7-14)12-13-4-8-15(26-3)9-5-13/h4-5,8-11,14H,6-7,12H2,1-3H3,(H,20,23). The third-order valence-electron chi connectivity index (χ3n) is 4.24. The summed E-state index contributed by atoms with van der Waals surface area (Å²) in [4.78, 5) is 20.1. The van der Waals surface area contributed by atoms with Gasteiger partial charge in [-0.25, -0.2) is 4.79 Å². The molecule has 1 aliphatic rings. The van der Waals surface area contributed by atoms with Crippen LogP contribution in [0, 0.1) is 0 Å². The molecule has 1 aliphatic carbocycles. The molecule has 1 aromatic carbocycles. The average molecular weight is 373 g/mol.